The van der Waals surface area contributed by atoms with Crippen molar-refractivity contribution in [3.63, 3.8) is 0 Å². The van der Waals surface area contributed by atoms with E-state index in [9.17, 15) is 4.79 Å². The van der Waals surface area contributed by atoms with E-state index >= 15 is 0 Å². The van der Waals surface area contributed by atoms with E-state index in [1.807, 2.05) is 24.3 Å². The standard InChI is InChI=1S/C20H22Cl2N2O/c1-14-3-2-10-24(12-14)13-15-4-6-16(7-5-15)20(25)23-17-8-9-18(21)19(22)11-17/h4-9,11,14H,2-3,10,12-13H2,1H3,(H,23,25). The van der Waals surface area contributed by atoms with Gasteiger partial charge in [-0.2, -0.15) is 0 Å². The van der Waals surface area contributed by atoms with Crippen molar-refractivity contribution in [1.29, 1.82) is 0 Å². The van der Waals surface area contributed by atoms with Gasteiger partial charge < -0.3 is 5.32 Å². The molecule has 1 aliphatic rings. The number of nitrogens with one attached hydrogen (secondary N) is 1. The van der Waals surface area contributed by atoms with Crippen LogP contribution < -0.4 is 5.32 Å². The second-order valence-corrected chi connectivity index (χ2v) is 7.58. The molecule has 0 aliphatic carbocycles. The number of likely N-dealkylation sites (tertiary alicyclic amines) is 1. The van der Waals surface area contributed by atoms with Gasteiger partial charge >= 0.3 is 0 Å². The summed E-state index contributed by atoms with van der Waals surface area (Å²) >= 11 is 11.9. The van der Waals surface area contributed by atoms with Crippen LogP contribution in [0.1, 0.15) is 35.7 Å². The Bertz CT molecular complexity index is 746. The van der Waals surface area contributed by atoms with Crippen molar-refractivity contribution >= 4 is 34.8 Å². The van der Waals surface area contributed by atoms with Gasteiger partial charge in [0.2, 0.25) is 0 Å². The lowest BCUT2D eigenvalue weighted by atomic mass is 9.99. The number of carbonyl (C=O) groups excluding carboxylic acids is 1. The van der Waals surface area contributed by atoms with E-state index in [4.69, 9.17) is 23.2 Å². The van der Waals surface area contributed by atoms with Crippen LogP contribution in [0.4, 0.5) is 5.69 Å². The summed E-state index contributed by atoms with van der Waals surface area (Å²) in [6.07, 6.45) is 2.59. The number of rotatable bonds is 4. The van der Waals surface area contributed by atoms with Crippen LogP contribution in [-0.4, -0.2) is 23.9 Å². The Hall–Kier alpha value is -1.55. The van der Waals surface area contributed by atoms with Gasteiger partial charge in [0.05, 0.1) is 10.0 Å². The molecule has 0 radical (unpaired) electrons. The van der Waals surface area contributed by atoms with E-state index in [0.717, 1.165) is 25.6 Å². The molecule has 1 aliphatic heterocycles. The summed E-state index contributed by atoms with van der Waals surface area (Å²) in [5.41, 5.74) is 2.49. The fraction of sp³-hybridized carbons (Fsp3) is 0.350. The first-order chi connectivity index (χ1) is 12.0. The Morgan fingerprint density at radius 2 is 1.92 bits per heavy atom. The van der Waals surface area contributed by atoms with Gasteiger partial charge in [-0.25, -0.2) is 0 Å². The van der Waals surface area contributed by atoms with E-state index in [2.05, 4.69) is 17.1 Å². The zero-order chi connectivity index (χ0) is 17.8. The van der Waals surface area contributed by atoms with Crippen LogP contribution in [0.5, 0.6) is 0 Å². The first-order valence-electron chi connectivity index (χ1n) is 8.59. The first-order valence-corrected chi connectivity index (χ1v) is 9.34. The fourth-order valence-electron chi connectivity index (χ4n) is 3.23. The highest BCUT2D eigenvalue weighted by Crippen LogP contribution is 2.25. The lowest BCUT2D eigenvalue weighted by Crippen LogP contribution is -2.33. The Kier molecular flexibility index (Phi) is 6.00. The summed E-state index contributed by atoms with van der Waals surface area (Å²) in [4.78, 5) is 14.8. The summed E-state index contributed by atoms with van der Waals surface area (Å²) in [5.74, 6) is 0.613. The second kappa shape index (κ2) is 8.22. The third-order valence-corrected chi connectivity index (χ3v) is 5.28. The van der Waals surface area contributed by atoms with Gasteiger partial charge in [-0.05, 0) is 61.2 Å². The summed E-state index contributed by atoms with van der Waals surface area (Å²) < 4.78 is 0. The number of hydrogen-bond acceptors (Lipinski definition) is 2. The summed E-state index contributed by atoms with van der Waals surface area (Å²) in [6, 6.07) is 12.9. The maximum Gasteiger partial charge on any atom is 0.255 e. The summed E-state index contributed by atoms with van der Waals surface area (Å²) in [5, 5.41) is 3.73. The van der Waals surface area contributed by atoms with Crippen LogP contribution in [0, 0.1) is 5.92 Å². The predicted octanol–water partition coefficient (Wildman–Crippen LogP) is 5.48. The summed E-state index contributed by atoms with van der Waals surface area (Å²) in [6.45, 7) is 5.56. The van der Waals surface area contributed by atoms with Crippen molar-refractivity contribution in [2.45, 2.75) is 26.3 Å². The lowest BCUT2D eigenvalue weighted by Gasteiger charge is -2.30. The molecule has 1 fully saturated rings. The maximum absolute atomic E-state index is 12.4. The predicted molar refractivity (Wildman–Crippen MR) is 105 cm³/mol. The van der Waals surface area contributed by atoms with Crippen LogP contribution in [0.2, 0.25) is 10.0 Å². The normalized spacial score (nSPS) is 18.1. The van der Waals surface area contributed by atoms with Gasteiger partial charge in [0.15, 0.2) is 0 Å². The Morgan fingerprint density at radius 3 is 2.60 bits per heavy atom. The average Bonchev–Trinajstić information content (AvgIpc) is 2.59. The SMILES string of the molecule is CC1CCCN(Cc2ccc(C(=O)Nc3ccc(Cl)c(Cl)c3)cc2)C1. The highest BCUT2D eigenvalue weighted by Gasteiger charge is 2.16. The minimum absolute atomic E-state index is 0.156. The average molecular weight is 377 g/mol. The molecule has 0 aromatic heterocycles. The molecular weight excluding hydrogens is 355 g/mol. The van der Waals surface area contributed by atoms with Crippen LogP contribution >= 0.6 is 23.2 Å². The van der Waals surface area contributed by atoms with Crippen molar-refractivity contribution in [2.75, 3.05) is 18.4 Å². The molecule has 1 N–H and O–H groups in total. The minimum Gasteiger partial charge on any atom is -0.322 e. The van der Waals surface area contributed by atoms with Crippen LogP contribution in [0.15, 0.2) is 42.5 Å². The van der Waals surface area contributed by atoms with Crippen molar-refractivity contribution in [3.8, 4) is 0 Å². The molecule has 2 aromatic rings. The minimum atomic E-state index is -0.156. The fourth-order valence-corrected chi connectivity index (χ4v) is 3.53. The highest BCUT2D eigenvalue weighted by atomic mass is 35.5. The molecular formula is C20H22Cl2N2O. The van der Waals surface area contributed by atoms with E-state index < -0.39 is 0 Å². The first kappa shape index (κ1) is 18.2. The van der Waals surface area contributed by atoms with Crippen molar-refractivity contribution in [2.24, 2.45) is 5.92 Å². The largest absolute Gasteiger partial charge is 0.322 e. The maximum atomic E-state index is 12.4. The topological polar surface area (TPSA) is 32.3 Å². The van der Waals surface area contributed by atoms with Crippen LogP contribution in [-0.2, 0) is 6.54 Å². The molecule has 0 bridgehead atoms. The molecule has 2 aromatic carbocycles. The number of halogens is 2. The van der Waals surface area contributed by atoms with E-state index in [0.29, 0.717) is 21.3 Å². The molecule has 132 valence electrons. The third-order valence-electron chi connectivity index (χ3n) is 4.54. The number of nitrogens with zero attached hydrogens (tertiary/aromatic N) is 1. The van der Waals surface area contributed by atoms with Gasteiger partial charge in [0.1, 0.15) is 0 Å². The molecule has 1 saturated heterocycles. The lowest BCUT2D eigenvalue weighted by molar-refractivity contribution is 0.102. The van der Waals surface area contributed by atoms with Gasteiger partial charge in [0.25, 0.3) is 5.91 Å². The number of piperidine rings is 1. The number of hydrogen-bond donors (Lipinski definition) is 1. The molecule has 1 heterocycles. The Balaban J connectivity index is 1.61. The molecule has 1 unspecified atom stereocenters. The molecule has 0 saturated carbocycles. The van der Waals surface area contributed by atoms with Crippen LogP contribution in [0.25, 0.3) is 0 Å². The van der Waals surface area contributed by atoms with Gasteiger partial charge in [-0.15, -0.1) is 0 Å². The van der Waals surface area contributed by atoms with Crippen molar-refractivity contribution in [1.82, 2.24) is 4.90 Å². The second-order valence-electron chi connectivity index (χ2n) is 6.76. The number of benzene rings is 2. The Morgan fingerprint density at radius 1 is 1.16 bits per heavy atom. The van der Waals surface area contributed by atoms with E-state index in [-0.39, 0.29) is 5.91 Å². The van der Waals surface area contributed by atoms with Crippen molar-refractivity contribution < 1.29 is 4.79 Å². The quantitative estimate of drug-likeness (QED) is 0.766. The van der Waals surface area contributed by atoms with Crippen LogP contribution in [0.3, 0.4) is 0 Å². The van der Waals surface area contributed by atoms with Gasteiger partial charge in [-0.1, -0.05) is 42.3 Å². The van der Waals surface area contributed by atoms with Gasteiger partial charge in [-0.3, -0.25) is 9.69 Å². The molecule has 25 heavy (non-hydrogen) atoms. The van der Waals surface area contributed by atoms with E-state index in [1.54, 1.807) is 18.2 Å². The smallest absolute Gasteiger partial charge is 0.255 e. The summed E-state index contributed by atoms with van der Waals surface area (Å²) in [7, 11) is 0. The zero-order valence-corrected chi connectivity index (χ0v) is 15.8. The third kappa shape index (κ3) is 4.97. The number of carbonyl (C=O) groups is 1. The molecule has 3 nitrogen and oxygen atoms in total. The van der Waals surface area contributed by atoms with Crippen molar-refractivity contribution in [3.05, 3.63) is 63.6 Å². The molecule has 1 atom stereocenters. The van der Waals surface area contributed by atoms with E-state index in [1.165, 1.54) is 18.4 Å². The zero-order valence-electron chi connectivity index (χ0n) is 14.3. The molecule has 3 rings (SSSR count). The molecule has 0 spiro atoms. The monoisotopic (exact) mass is 376 g/mol. The van der Waals surface area contributed by atoms with Gasteiger partial charge in [0, 0.05) is 24.3 Å². The molecule has 5 heteroatoms. The Labute approximate surface area is 158 Å². The number of amides is 1. The number of anilines is 1. The molecule has 1 amide bonds. The highest BCUT2D eigenvalue weighted by molar-refractivity contribution is 6.42.